The first-order valence-corrected chi connectivity index (χ1v) is 7.21. The normalized spacial score (nSPS) is 11.9. The smallest absolute Gasteiger partial charge is 0.396 e. The summed E-state index contributed by atoms with van der Waals surface area (Å²) in [5, 5.41) is 19.6. The highest BCUT2D eigenvalue weighted by atomic mass is 19.4. The Morgan fingerprint density at radius 1 is 1.19 bits per heavy atom. The van der Waals surface area contributed by atoms with E-state index in [4.69, 9.17) is 5.11 Å². The van der Waals surface area contributed by atoms with Gasteiger partial charge in [0.05, 0.1) is 11.3 Å². The molecule has 0 saturated heterocycles. The van der Waals surface area contributed by atoms with E-state index in [0.29, 0.717) is 23.1 Å². The number of nitrogens with zero attached hydrogens (tertiary/aromatic N) is 4. The third kappa shape index (κ3) is 3.22. The third-order valence-electron chi connectivity index (χ3n) is 3.46. The molecule has 0 spiro atoms. The molecule has 8 nitrogen and oxygen atoms in total. The van der Waals surface area contributed by atoms with E-state index in [0.717, 1.165) is 6.07 Å². The van der Waals surface area contributed by atoms with Crippen LogP contribution in [-0.4, -0.2) is 31.8 Å². The van der Waals surface area contributed by atoms with Gasteiger partial charge >= 0.3 is 11.9 Å². The Kier molecular flexibility index (Phi) is 4.59. The number of aryl methyl sites for hydroxylation is 1. The molecule has 0 bridgehead atoms. The van der Waals surface area contributed by atoms with Crippen molar-refractivity contribution >= 4 is 0 Å². The fourth-order valence-electron chi connectivity index (χ4n) is 2.28. The van der Waals surface area contributed by atoms with Crippen LogP contribution in [0.1, 0.15) is 17.7 Å². The maximum atomic E-state index is 13.5. The van der Waals surface area contributed by atoms with Gasteiger partial charge in [0.15, 0.2) is 5.69 Å². The van der Waals surface area contributed by atoms with E-state index >= 15 is 0 Å². The maximum absolute atomic E-state index is 13.5. The lowest BCUT2D eigenvalue weighted by Gasteiger charge is -2.10. The van der Waals surface area contributed by atoms with E-state index in [9.17, 15) is 22.4 Å². The maximum Gasteiger partial charge on any atom is 0.446 e. The van der Waals surface area contributed by atoms with Crippen LogP contribution in [-0.2, 0) is 12.6 Å². The largest absolute Gasteiger partial charge is 0.446 e. The Bertz CT molecular complexity index is 976. The quantitative estimate of drug-likeness (QED) is 0.680. The molecule has 0 amide bonds. The molecule has 3 rings (SSSR count). The van der Waals surface area contributed by atoms with Crippen LogP contribution in [0.25, 0.3) is 17.2 Å². The van der Waals surface area contributed by atoms with Gasteiger partial charge in [-0.05, 0) is 36.2 Å². The number of rotatable bonds is 5. The monoisotopic (exact) mass is 374 g/mol. The van der Waals surface area contributed by atoms with Crippen molar-refractivity contribution in [2.45, 2.75) is 19.0 Å². The second kappa shape index (κ2) is 6.71. The van der Waals surface area contributed by atoms with Crippen LogP contribution in [0.4, 0.5) is 17.6 Å². The number of hydrogen-bond donors (Lipinski definition) is 1. The highest BCUT2D eigenvalue weighted by Gasteiger charge is 2.35. The van der Waals surface area contributed by atoms with Gasteiger partial charge < -0.3 is 5.11 Å². The molecule has 2 heterocycles. The number of benzene rings is 1. The molecule has 12 heteroatoms. The van der Waals surface area contributed by atoms with E-state index in [-0.39, 0.29) is 35.9 Å². The van der Waals surface area contributed by atoms with E-state index in [1.165, 1.54) is 0 Å². The molecule has 0 aliphatic carbocycles. The van der Waals surface area contributed by atoms with Crippen molar-refractivity contribution in [1.82, 2.24) is 20.0 Å². The molecule has 26 heavy (non-hydrogen) atoms. The van der Waals surface area contributed by atoms with Crippen LogP contribution in [0.2, 0.25) is 0 Å². The van der Waals surface area contributed by atoms with Gasteiger partial charge in [0.25, 0.3) is 0 Å². The predicted octanol–water partition coefficient (Wildman–Crippen LogP) is 1.96. The summed E-state index contributed by atoms with van der Waals surface area (Å²) in [5.41, 5.74) is -1.69. The zero-order chi connectivity index (χ0) is 18.9. The zero-order valence-electron chi connectivity index (χ0n) is 12.8. The molecule has 3 aromatic rings. The lowest BCUT2D eigenvalue weighted by Crippen LogP contribution is -2.16. The Hall–Kier alpha value is -3.02. The van der Waals surface area contributed by atoms with Crippen LogP contribution in [0.15, 0.2) is 32.1 Å². The highest BCUT2D eigenvalue weighted by molar-refractivity contribution is 5.55. The van der Waals surface area contributed by atoms with Crippen molar-refractivity contribution in [2.24, 2.45) is 0 Å². The fourth-order valence-corrected chi connectivity index (χ4v) is 2.28. The minimum absolute atomic E-state index is 0.0396. The van der Waals surface area contributed by atoms with Crippen molar-refractivity contribution in [1.29, 1.82) is 0 Å². The molecular weight excluding hydrogens is 364 g/mol. The van der Waals surface area contributed by atoms with E-state index in [2.05, 4.69) is 24.6 Å². The Balaban J connectivity index is 2.14. The van der Waals surface area contributed by atoms with Gasteiger partial charge in [0.2, 0.25) is 5.82 Å². The van der Waals surface area contributed by atoms with Crippen molar-refractivity contribution in [3.05, 3.63) is 45.8 Å². The average molecular weight is 374 g/mol. The van der Waals surface area contributed by atoms with Crippen molar-refractivity contribution in [3.8, 4) is 17.2 Å². The van der Waals surface area contributed by atoms with Crippen LogP contribution in [0.5, 0.6) is 0 Å². The van der Waals surface area contributed by atoms with Crippen molar-refractivity contribution in [2.75, 3.05) is 6.61 Å². The van der Waals surface area contributed by atoms with Crippen LogP contribution in [0.3, 0.4) is 0 Å². The number of aliphatic hydroxyl groups excluding tert-OH is 1. The van der Waals surface area contributed by atoms with Crippen LogP contribution >= 0.6 is 0 Å². The molecule has 2 aromatic heterocycles. The summed E-state index contributed by atoms with van der Waals surface area (Å²) in [7, 11) is 0. The van der Waals surface area contributed by atoms with Gasteiger partial charge in [0.1, 0.15) is 11.5 Å². The summed E-state index contributed by atoms with van der Waals surface area (Å²) < 4.78 is 62.0. The number of hydrogen-bond acceptors (Lipinski definition) is 7. The minimum Gasteiger partial charge on any atom is -0.396 e. The van der Waals surface area contributed by atoms with E-state index < -0.39 is 23.3 Å². The Morgan fingerprint density at radius 2 is 1.96 bits per heavy atom. The highest BCUT2D eigenvalue weighted by Crippen LogP contribution is 2.33. The second-order valence-corrected chi connectivity index (χ2v) is 5.16. The fraction of sp³-hybridized carbons (Fsp3) is 0.286. The SMILES string of the molecule is O=c1onc(-c2nonc2CCCO)n1-c1ccc(F)c(C(F)(F)F)c1. The predicted molar refractivity (Wildman–Crippen MR) is 75.8 cm³/mol. The standard InChI is InChI=1S/C14H10F4N4O4/c15-9-4-3-7(6-8(9)14(16,17)18)22-12(21-25-13(22)24)11-10(2-1-5-23)19-26-20-11/h3-4,6,23H,1-2,5H2. The third-order valence-corrected chi connectivity index (χ3v) is 3.46. The minimum atomic E-state index is -4.96. The Labute approximate surface area is 141 Å². The summed E-state index contributed by atoms with van der Waals surface area (Å²) in [6, 6.07) is 2.00. The average Bonchev–Trinajstić information content (AvgIpc) is 3.18. The number of aromatic nitrogens is 4. The van der Waals surface area contributed by atoms with Gasteiger partial charge in [-0.25, -0.2) is 18.4 Å². The van der Waals surface area contributed by atoms with Gasteiger partial charge in [-0.2, -0.15) is 13.2 Å². The lowest BCUT2D eigenvalue weighted by atomic mass is 10.1. The van der Waals surface area contributed by atoms with Crippen LogP contribution in [0, 0.1) is 5.82 Å². The van der Waals surface area contributed by atoms with Gasteiger partial charge in [-0.3, -0.25) is 4.52 Å². The molecule has 0 unspecified atom stereocenters. The number of alkyl halides is 3. The molecule has 0 aliphatic rings. The number of halogens is 4. The second-order valence-electron chi connectivity index (χ2n) is 5.16. The first-order chi connectivity index (χ1) is 12.3. The first-order valence-electron chi connectivity index (χ1n) is 7.21. The topological polar surface area (TPSA) is 107 Å². The summed E-state index contributed by atoms with van der Waals surface area (Å²) in [6.07, 6.45) is -4.44. The van der Waals surface area contributed by atoms with Gasteiger partial charge in [0, 0.05) is 6.61 Å². The molecule has 1 aromatic carbocycles. The van der Waals surface area contributed by atoms with Crippen LogP contribution < -0.4 is 5.76 Å². The Morgan fingerprint density at radius 3 is 2.65 bits per heavy atom. The van der Waals surface area contributed by atoms with Crippen molar-refractivity contribution < 1.29 is 31.8 Å². The van der Waals surface area contributed by atoms with Gasteiger partial charge in [-0.1, -0.05) is 10.3 Å². The molecule has 0 aliphatic heterocycles. The molecule has 0 fully saturated rings. The molecular formula is C14H10F4N4O4. The summed E-state index contributed by atoms with van der Waals surface area (Å²) in [5.74, 6) is -2.85. The molecule has 138 valence electrons. The van der Waals surface area contributed by atoms with E-state index in [1.54, 1.807) is 0 Å². The van der Waals surface area contributed by atoms with Crippen molar-refractivity contribution in [3.63, 3.8) is 0 Å². The molecule has 1 N–H and O–H groups in total. The summed E-state index contributed by atoms with van der Waals surface area (Å²) >= 11 is 0. The van der Waals surface area contributed by atoms with E-state index in [1.807, 2.05) is 0 Å². The molecule has 0 radical (unpaired) electrons. The first kappa shape index (κ1) is 17.8. The lowest BCUT2D eigenvalue weighted by molar-refractivity contribution is -0.140. The molecule has 0 atom stereocenters. The zero-order valence-corrected chi connectivity index (χ0v) is 12.8. The number of aliphatic hydroxyl groups is 1. The summed E-state index contributed by atoms with van der Waals surface area (Å²) in [4.78, 5) is 11.9. The summed E-state index contributed by atoms with van der Waals surface area (Å²) in [6.45, 7) is -0.148. The molecule has 0 saturated carbocycles. The van der Waals surface area contributed by atoms with Gasteiger partial charge in [-0.15, -0.1) is 0 Å².